The Kier molecular flexibility index (Phi) is 7.80. The fraction of sp³-hybridized carbons (Fsp3) is 0.556. The van der Waals surface area contributed by atoms with Crippen molar-refractivity contribution in [3.05, 3.63) is 28.8 Å². The molecule has 154 valence electrons. The number of carbonyl (C=O) groups excluding carboxylic acids is 2. The molecule has 0 bridgehead atoms. The van der Waals surface area contributed by atoms with E-state index >= 15 is 0 Å². The number of anilines is 1. The summed E-state index contributed by atoms with van der Waals surface area (Å²) in [7, 11) is -1.69. The van der Waals surface area contributed by atoms with Crippen LogP contribution in [0, 0.1) is 17.6 Å². The molecule has 0 radical (unpaired) electrons. The first-order valence-corrected chi connectivity index (χ1v) is 9.57. The SMILES string of the molecule is CC(C)C[C@@H](NC(=O)CCC(=O)[C@@H]1CCN1c1c(F)cc(Cl)cc1F)B(O)O. The summed E-state index contributed by atoms with van der Waals surface area (Å²) in [6.07, 6.45) is 0.561. The van der Waals surface area contributed by atoms with Crippen molar-refractivity contribution in [3.8, 4) is 0 Å². The summed E-state index contributed by atoms with van der Waals surface area (Å²) in [5.41, 5.74) is -0.293. The van der Waals surface area contributed by atoms with E-state index in [-0.39, 0.29) is 35.3 Å². The Morgan fingerprint density at radius 3 is 2.36 bits per heavy atom. The molecule has 1 heterocycles. The van der Waals surface area contributed by atoms with E-state index in [9.17, 15) is 28.4 Å². The molecular weight excluding hydrogens is 392 g/mol. The Labute approximate surface area is 168 Å². The van der Waals surface area contributed by atoms with Crippen LogP contribution in [0.5, 0.6) is 0 Å². The van der Waals surface area contributed by atoms with Gasteiger partial charge in [0.25, 0.3) is 0 Å². The van der Waals surface area contributed by atoms with Gasteiger partial charge in [0.1, 0.15) is 5.69 Å². The molecule has 0 aliphatic carbocycles. The van der Waals surface area contributed by atoms with Crippen LogP contribution in [-0.2, 0) is 9.59 Å². The van der Waals surface area contributed by atoms with Gasteiger partial charge in [-0.15, -0.1) is 0 Å². The second-order valence-corrected chi connectivity index (χ2v) is 7.84. The Morgan fingerprint density at radius 2 is 1.89 bits per heavy atom. The summed E-state index contributed by atoms with van der Waals surface area (Å²) >= 11 is 5.62. The lowest BCUT2D eigenvalue weighted by atomic mass is 9.75. The fourth-order valence-corrected chi connectivity index (χ4v) is 3.44. The smallest absolute Gasteiger partial charge is 0.426 e. The van der Waals surface area contributed by atoms with E-state index in [1.165, 1.54) is 4.90 Å². The second-order valence-electron chi connectivity index (χ2n) is 7.40. The van der Waals surface area contributed by atoms with Crippen LogP contribution in [0.3, 0.4) is 0 Å². The average Bonchev–Trinajstić information content (AvgIpc) is 2.53. The molecule has 2 atom stereocenters. The number of rotatable bonds is 9. The van der Waals surface area contributed by atoms with Crippen molar-refractivity contribution in [1.29, 1.82) is 0 Å². The number of carbonyl (C=O) groups is 2. The highest BCUT2D eigenvalue weighted by Gasteiger charge is 2.37. The quantitative estimate of drug-likeness (QED) is 0.536. The van der Waals surface area contributed by atoms with E-state index in [0.717, 1.165) is 12.1 Å². The van der Waals surface area contributed by atoms with Crippen molar-refractivity contribution in [2.75, 3.05) is 11.4 Å². The highest BCUT2D eigenvalue weighted by Crippen LogP contribution is 2.34. The highest BCUT2D eigenvalue weighted by atomic mass is 35.5. The number of halogens is 3. The first-order chi connectivity index (χ1) is 13.1. The van der Waals surface area contributed by atoms with Crippen LogP contribution in [0.1, 0.15) is 39.5 Å². The van der Waals surface area contributed by atoms with Crippen molar-refractivity contribution in [1.82, 2.24) is 5.32 Å². The molecule has 0 aromatic heterocycles. The zero-order valence-corrected chi connectivity index (χ0v) is 16.5. The monoisotopic (exact) mass is 416 g/mol. The molecule has 1 aliphatic heterocycles. The molecule has 1 fully saturated rings. The topological polar surface area (TPSA) is 89.9 Å². The maximum absolute atomic E-state index is 14.1. The Bertz CT molecular complexity index is 713. The summed E-state index contributed by atoms with van der Waals surface area (Å²) in [5, 5.41) is 21.1. The van der Waals surface area contributed by atoms with Crippen LogP contribution in [0.25, 0.3) is 0 Å². The third kappa shape index (κ3) is 5.65. The van der Waals surface area contributed by atoms with Crippen molar-refractivity contribution in [2.45, 2.75) is 51.5 Å². The van der Waals surface area contributed by atoms with Gasteiger partial charge >= 0.3 is 7.12 Å². The highest BCUT2D eigenvalue weighted by molar-refractivity contribution is 6.43. The van der Waals surface area contributed by atoms with Gasteiger partial charge in [-0.1, -0.05) is 25.4 Å². The summed E-state index contributed by atoms with van der Waals surface area (Å²) in [6, 6.07) is 1.28. The van der Waals surface area contributed by atoms with Gasteiger partial charge in [0, 0.05) is 24.4 Å². The molecule has 28 heavy (non-hydrogen) atoms. The van der Waals surface area contributed by atoms with E-state index in [1.54, 1.807) is 0 Å². The van der Waals surface area contributed by atoms with Gasteiger partial charge in [0.2, 0.25) is 5.91 Å². The van der Waals surface area contributed by atoms with Crippen LogP contribution < -0.4 is 10.2 Å². The maximum atomic E-state index is 14.1. The lowest BCUT2D eigenvalue weighted by Gasteiger charge is -2.42. The van der Waals surface area contributed by atoms with Crippen molar-refractivity contribution >= 4 is 36.1 Å². The lowest BCUT2D eigenvalue weighted by molar-refractivity contribution is -0.126. The number of ketones is 1. The number of hydrogen-bond donors (Lipinski definition) is 3. The van der Waals surface area contributed by atoms with Crippen molar-refractivity contribution in [3.63, 3.8) is 0 Å². The first kappa shape index (κ1) is 22.6. The predicted octanol–water partition coefficient (Wildman–Crippen LogP) is 2.09. The molecule has 0 saturated carbocycles. The van der Waals surface area contributed by atoms with E-state index in [0.29, 0.717) is 19.4 Å². The molecular formula is C18H24BClF2N2O4. The van der Waals surface area contributed by atoms with Crippen LogP contribution in [0.2, 0.25) is 5.02 Å². The van der Waals surface area contributed by atoms with Gasteiger partial charge in [-0.2, -0.15) is 0 Å². The Hall–Kier alpha value is -1.71. The molecule has 2 rings (SSSR count). The third-order valence-electron chi connectivity index (χ3n) is 4.69. The maximum Gasteiger partial charge on any atom is 0.475 e. The molecule has 10 heteroatoms. The summed E-state index contributed by atoms with van der Waals surface area (Å²) in [5.74, 6) is -3.15. The van der Waals surface area contributed by atoms with Crippen LogP contribution >= 0.6 is 11.6 Å². The van der Waals surface area contributed by atoms with Crippen LogP contribution in [0.15, 0.2) is 12.1 Å². The number of benzene rings is 1. The molecule has 0 unspecified atom stereocenters. The van der Waals surface area contributed by atoms with E-state index in [1.807, 2.05) is 13.8 Å². The van der Waals surface area contributed by atoms with Crippen LogP contribution in [-0.4, -0.2) is 47.4 Å². The Morgan fingerprint density at radius 1 is 1.29 bits per heavy atom. The van der Waals surface area contributed by atoms with Gasteiger partial charge < -0.3 is 20.3 Å². The lowest BCUT2D eigenvalue weighted by Crippen LogP contribution is -2.53. The number of Topliss-reactive ketones (excluding diaryl/α,β-unsaturated/α-hetero) is 1. The van der Waals surface area contributed by atoms with Gasteiger partial charge in [0.05, 0.1) is 12.0 Å². The van der Waals surface area contributed by atoms with E-state index in [4.69, 9.17) is 11.6 Å². The molecule has 1 amide bonds. The number of nitrogens with one attached hydrogen (secondary N) is 1. The zero-order chi connectivity index (χ0) is 21.0. The molecule has 1 aromatic rings. The number of hydrogen-bond acceptors (Lipinski definition) is 5. The van der Waals surface area contributed by atoms with Gasteiger partial charge in [-0.25, -0.2) is 8.78 Å². The standard InChI is InChI=1S/C18H24BClF2N2O4/c1-10(2)7-16(19(27)28)23-17(26)4-3-15(25)14-5-6-24(14)18-12(21)8-11(20)9-13(18)22/h8-10,14,16,27-28H,3-7H2,1-2H3,(H,23,26)/t14-,16+/m0/s1. The van der Waals surface area contributed by atoms with E-state index < -0.39 is 36.6 Å². The summed E-state index contributed by atoms with van der Waals surface area (Å²) < 4.78 is 28.1. The van der Waals surface area contributed by atoms with Crippen molar-refractivity contribution < 1.29 is 28.4 Å². The largest absolute Gasteiger partial charge is 0.475 e. The Balaban J connectivity index is 1.92. The van der Waals surface area contributed by atoms with Gasteiger partial charge in [-0.3, -0.25) is 9.59 Å². The molecule has 6 nitrogen and oxygen atoms in total. The molecule has 1 aliphatic rings. The zero-order valence-electron chi connectivity index (χ0n) is 15.8. The second kappa shape index (κ2) is 9.67. The van der Waals surface area contributed by atoms with Gasteiger partial charge in [0.15, 0.2) is 17.4 Å². The normalized spacial score (nSPS) is 17.3. The van der Waals surface area contributed by atoms with Gasteiger partial charge in [-0.05, 0) is 30.9 Å². The number of amides is 1. The first-order valence-electron chi connectivity index (χ1n) is 9.19. The predicted molar refractivity (Wildman–Crippen MR) is 103 cm³/mol. The minimum absolute atomic E-state index is 0.0687. The minimum Gasteiger partial charge on any atom is -0.426 e. The molecule has 3 N–H and O–H groups in total. The summed E-state index contributed by atoms with van der Waals surface area (Å²) in [6.45, 7) is 4.09. The third-order valence-corrected chi connectivity index (χ3v) is 4.91. The van der Waals surface area contributed by atoms with Crippen molar-refractivity contribution in [2.24, 2.45) is 5.92 Å². The summed E-state index contributed by atoms with van der Waals surface area (Å²) in [4.78, 5) is 25.8. The molecule has 0 spiro atoms. The minimum atomic E-state index is -1.69. The van der Waals surface area contributed by atoms with Crippen LogP contribution in [0.4, 0.5) is 14.5 Å². The molecule has 1 aromatic carbocycles. The molecule has 1 saturated heterocycles. The van der Waals surface area contributed by atoms with E-state index in [2.05, 4.69) is 5.32 Å². The average molecular weight is 417 g/mol. The fourth-order valence-electron chi connectivity index (χ4n) is 3.24. The number of nitrogens with zero attached hydrogens (tertiary/aromatic N) is 1.